The number of aliphatic hydroxyl groups excluding tert-OH is 1. The third-order valence-electron chi connectivity index (χ3n) is 2.53. The van der Waals surface area contributed by atoms with Crippen molar-refractivity contribution in [2.24, 2.45) is 0 Å². The molecule has 4 heteroatoms. The van der Waals surface area contributed by atoms with Crippen LogP contribution >= 0.6 is 11.8 Å². The summed E-state index contributed by atoms with van der Waals surface area (Å²) in [6, 6.07) is 16.9. The zero-order valence-corrected chi connectivity index (χ0v) is 11.2. The Hall–Kier alpha value is -1.78. The van der Waals surface area contributed by atoms with Gasteiger partial charge in [-0.15, -0.1) is 11.8 Å². The lowest BCUT2D eigenvalue weighted by atomic mass is 10.2. The number of thioether (sulfide) groups is 1. The standard InChI is InChI=1S/C15H15NO2S/c17-10-12-6-8-14(9-7-12)19-11-15(18)16-13-4-2-1-3-5-13/h1-9,17H,10-11H2,(H,16,18). The van der Waals surface area contributed by atoms with Crippen LogP contribution in [0.4, 0.5) is 5.69 Å². The number of rotatable bonds is 5. The van der Waals surface area contributed by atoms with E-state index >= 15 is 0 Å². The number of hydrogen-bond acceptors (Lipinski definition) is 3. The lowest BCUT2D eigenvalue weighted by Crippen LogP contribution is -2.13. The molecule has 0 aliphatic carbocycles. The SMILES string of the molecule is O=C(CSc1ccc(CO)cc1)Nc1ccccc1. The van der Waals surface area contributed by atoms with Crippen molar-refractivity contribution in [1.29, 1.82) is 0 Å². The minimum atomic E-state index is -0.0255. The fourth-order valence-electron chi connectivity index (χ4n) is 1.56. The van der Waals surface area contributed by atoms with E-state index in [9.17, 15) is 4.79 Å². The average molecular weight is 273 g/mol. The predicted octanol–water partition coefficient (Wildman–Crippen LogP) is 2.91. The van der Waals surface area contributed by atoms with Gasteiger partial charge in [-0.2, -0.15) is 0 Å². The Morgan fingerprint density at radius 3 is 2.37 bits per heavy atom. The van der Waals surface area contributed by atoms with Crippen molar-refractivity contribution >= 4 is 23.4 Å². The number of aliphatic hydroxyl groups is 1. The summed E-state index contributed by atoms with van der Waals surface area (Å²) in [6.07, 6.45) is 0. The van der Waals surface area contributed by atoms with E-state index in [1.54, 1.807) is 0 Å². The van der Waals surface area contributed by atoms with Crippen LogP contribution in [0.25, 0.3) is 0 Å². The molecule has 2 N–H and O–H groups in total. The normalized spacial score (nSPS) is 10.2. The van der Waals surface area contributed by atoms with E-state index in [1.165, 1.54) is 11.8 Å². The quantitative estimate of drug-likeness (QED) is 0.824. The van der Waals surface area contributed by atoms with Crippen LogP contribution in [-0.2, 0) is 11.4 Å². The molecule has 2 aromatic rings. The van der Waals surface area contributed by atoms with Crippen molar-refractivity contribution in [3.05, 3.63) is 60.2 Å². The fourth-order valence-corrected chi connectivity index (χ4v) is 2.26. The molecule has 3 nitrogen and oxygen atoms in total. The molecule has 0 aliphatic rings. The van der Waals surface area contributed by atoms with E-state index in [1.807, 2.05) is 54.6 Å². The zero-order chi connectivity index (χ0) is 13.5. The van der Waals surface area contributed by atoms with Crippen molar-refractivity contribution in [2.75, 3.05) is 11.1 Å². The van der Waals surface area contributed by atoms with Crippen LogP contribution < -0.4 is 5.32 Å². The van der Waals surface area contributed by atoms with Gasteiger partial charge < -0.3 is 10.4 Å². The molecule has 0 saturated heterocycles. The largest absolute Gasteiger partial charge is 0.392 e. The van der Waals surface area contributed by atoms with Crippen LogP contribution in [-0.4, -0.2) is 16.8 Å². The highest BCUT2D eigenvalue weighted by Gasteiger charge is 2.03. The van der Waals surface area contributed by atoms with E-state index in [0.29, 0.717) is 5.75 Å². The molecule has 0 aliphatic heterocycles. The van der Waals surface area contributed by atoms with Crippen LogP contribution in [0.2, 0.25) is 0 Å². The number of benzene rings is 2. The minimum Gasteiger partial charge on any atom is -0.392 e. The van der Waals surface area contributed by atoms with Crippen molar-refractivity contribution in [3.8, 4) is 0 Å². The molecule has 0 bridgehead atoms. The predicted molar refractivity (Wildman–Crippen MR) is 78.2 cm³/mol. The summed E-state index contributed by atoms with van der Waals surface area (Å²) in [7, 11) is 0. The molecule has 0 unspecified atom stereocenters. The molecule has 0 fully saturated rings. The molecule has 0 heterocycles. The van der Waals surface area contributed by atoms with Gasteiger partial charge in [0.15, 0.2) is 0 Å². The Morgan fingerprint density at radius 1 is 1.05 bits per heavy atom. The fraction of sp³-hybridized carbons (Fsp3) is 0.133. The van der Waals surface area contributed by atoms with Gasteiger partial charge in [0.2, 0.25) is 5.91 Å². The van der Waals surface area contributed by atoms with Gasteiger partial charge in [0, 0.05) is 10.6 Å². The van der Waals surface area contributed by atoms with Crippen LogP contribution in [0.3, 0.4) is 0 Å². The average Bonchev–Trinajstić information content (AvgIpc) is 2.47. The van der Waals surface area contributed by atoms with Crippen molar-refractivity contribution in [2.45, 2.75) is 11.5 Å². The number of para-hydroxylation sites is 1. The summed E-state index contributed by atoms with van der Waals surface area (Å²) in [5.74, 6) is 0.343. The minimum absolute atomic E-state index is 0.0255. The van der Waals surface area contributed by atoms with E-state index in [2.05, 4.69) is 5.32 Å². The van der Waals surface area contributed by atoms with E-state index in [-0.39, 0.29) is 12.5 Å². The first kappa shape index (κ1) is 13.6. The Bertz CT molecular complexity index is 526. The summed E-state index contributed by atoms with van der Waals surface area (Å²) in [5, 5.41) is 11.8. The molecule has 2 aromatic carbocycles. The summed E-state index contributed by atoms with van der Waals surface area (Å²) < 4.78 is 0. The Kier molecular flexibility index (Phi) is 5.01. The Labute approximate surface area is 116 Å². The number of carbonyl (C=O) groups excluding carboxylic acids is 1. The maximum Gasteiger partial charge on any atom is 0.234 e. The maximum absolute atomic E-state index is 11.7. The first-order chi connectivity index (χ1) is 9.28. The summed E-state index contributed by atoms with van der Waals surface area (Å²) >= 11 is 1.47. The Morgan fingerprint density at radius 2 is 1.74 bits per heavy atom. The number of amides is 1. The van der Waals surface area contributed by atoms with E-state index < -0.39 is 0 Å². The lowest BCUT2D eigenvalue weighted by molar-refractivity contribution is -0.113. The number of carbonyl (C=O) groups is 1. The maximum atomic E-state index is 11.7. The second kappa shape index (κ2) is 6.97. The van der Waals surface area contributed by atoms with Crippen molar-refractivity contribution in [1.82, 2.24) is 0 Å². The third kappa shape index (κ3) is 4.43. The highest BCUT2D eigenvalue weighted by atomic mass is 32.2. The van der Waals surface area contributed by atoms with Gasteiger partial charge in [0.05, 0.1) is 12.4 Å². The van der Waals surface area contributed by atoms with Gasteiger partial charge in [-0.05, 0) is 29.8 Å². The highest BCUT2D eigenvalue weighted by Crippen LogP contribution is 2.18. The molecule has 0 radical (unpaired) electrons. The third-order valence-corrected chi connectivity index (χ3v) is 3.55. The van der Waals surface area contributed by atoms with Crippen molar-refractivity contribution < 1.29 is 9.90 Å². The molecule has 0 spiro atoms. The number of nitrogens with one attached hydrogen (secondary N) is 1. The molecular weight excluding hydrogens is 258 g/mol. The summed E-state index contributed by atoms with van der Waals surface area (Å²) in [4.78, 5) is 12.8. The highest BCUT2D eigenvalue weighted by molar-refractivity contribution is 8.00. The second-order valence-corrected chi connectivity index (χ2v) is 5.05. The van der Waals surface area contributed by atoms with Gasteiger partial charge in [0.1, 0.15) is 0 Å². The number of anilines is 1. The Balaban J connectivity index is 1.83. The van der Waals surface area contributed by atoms with Crippen LogP contribution in [0.15, 0.2) is 59.5 Å². The van der Waals surface area contributed by atoms with Gasteiger partial charge in [0.25, 0.3) is 0 Å². The zero-order valence-electron chi connectivity index (χ0n) is 10.4. The lowest BCUT2D eigenvalue weighted by Gasteiger charge is -2.05. The molecule has 1 amide bonds. The molecule has 19 heavy (non-hydrogen) atoms. The van der Waals surface area contributed by atoms with Crippen molar-refractivity contribution in [3.63, 3.8) is 0 Å². The van der Waals surface area contributed by atoms with Crippen LogP contribution in [0.5, 0.6) is 0 Å². The summed E-state index contributed by atoms with van der Waals surface area (Å²) in [5.41, 5.74) is 1.68. The smallest absolute Gasteiger partial charge is 0.234 e. The molecule has 98 valence electrons. The van der Waals surface area contributed by atoms with Gasteiger partial charge in [-0.25, -0.2) is 0 Å². The second-order valence-electron chi connectivity index (χ2n) is 4.00. The summed E-state index contributed by atoms with van der Waals surface area (Å²) in [6.45, 7) is 0.0411. The first-order valence-corrected chi connectivity index (χ1v) is 6.94. The molecule has 0 atom stereocenters. The van der Waals surface area contributed by atoms with Gasteiger partial charge >= 0.3 is 0 Å². The van der Waals surface area contributed by atoms with E-state index in [0.717, 1.165) is 16.1 Å². The molecular formula is C15H15NO2S. The van der Waals surface area contributed by atoms with Gasteiger partial charge in [-0.3, -0.25) is 4.79 Å². The topological polar surface area (TPSA) is 49.3 Å². The van der Waals surface area contributed by atoms with E-state index in [4.69, 9.17) is 5.11 Å². The van der Waals surface area contributed by atoms with Crippen LogP contribution in [0, 0.1) is 0 Å². The monoisotopic (exact) mass is 273 g/mol. The molecule has 0 saturated carbocycles. The molecule has 2 rings (SSSR count). The number of hydrogen-bond donors (Lipinski definition) is 2. The van der Waals surface area contributed by atoms with Crippen LogP contribution in [0.1, 0.15) is 5.56 Å². The van der Waals surface area contributed by atoms with Gasteiger partial charge in [-0.1, -0.05) is 30.3 Å². The first-order valence-electron chi connectivity index (χ1n) is 5.95. The molecule has 0 aromatic heterocycles.